The second-order valence-electron chi connectivity index (χ2n) is 12.3. The predicted molar refractivity (Wildman–Crippen MR) is 164 cm³/mol. The van der Waals surface area contributed by atoms with Crippen LogP contribution in [-0.4, -0.2) is 52.9 Å². The lowest BCUT2D eigenvalue weighted by Gasteiger charge is -2.59. The number of amides is 2. The summed E-state index contributed by atoms with van der Waals surface area (Å²) in [5, 5.41) is 22.7. The first kappa shape index (κ1) is 27.9. The lowest BCUT2D eigenvalue weighted by molar-refractivity contribution is -0.159. The van der Waals surface area contributed by atoms with Crippen molar-refractivity contribution in [2.75, 3.05) is 19.5 Å². The Bertz CT molecular complexity index is 1760. The predicted octanol–water partition coefficient (Wildman–Crippen LogP) is 5.29. The fourth-order valence-electron chi connectivity index (χ4n) is 8.56. The number of nitrogens with zero attached hydrogens (tertiary/aromatic N) is 2. The normalized spacial score (nSPS) is 25.0. The Morgan fingerprint density at radius 1 is 0.955 bits per heavy atom. The van der Waals surface area contributed by atoms with Gasteiger partial charge in [0.15, 0.2) is 5.69 Å². The zero-order chi connectivity index (χ0) is 30.6. The number of aromatic nitrogens is 2. The Hall–Kier alpha value is -4.86. The third kappa shape index (κ3) is 4.39. The molecule has 0 spiro atoms. The molecule has 3 aromatic carbocycles. The molecule has 0 saturated heterocycles. The quantitative estimate of drug-likeness (QED) is 0.225. The molecule has 10 nitrogen and oxygen atoms in total. The van der Waals surface area contributed by atoms with E-state index in [-0.39, 0.29) is 11.6 Å². The molecule has 4 aromatic rings. The Morgan fingerprint density at radius 3 is 2.27 bits per heavy atom. The number of methoxy groups -OCH3 is 2. The summed E-state index contributed by atoms with van der Waals surface area (Å²) < 4.78 is 13.2. The molecule has 1 heterocycles. The topological polar surface area (TPSA) is 132 Å². The lowest BCUT2D eigenvalue weighted by atomic mass is 9.48. The fraction of sp³-hybridized carbons (Fsp3) is 0.353. The highest BCUT2D eigenvalue weighted by Crippen LogP contribution is 2.58. The highest BCUT2D eigenvalue weighted by atomic mass is 16.5. The van der Waals surface area contributed by atoms with E-state index >= 15 is 0 Å². The molecule has 226 valence electrons. The summed E-state index contributed by atoms with van der Waals surface area (Å²) in [7, 11) is 3.14. The number of ether oxygens (including phenoxy) is 2. The molecular weight excluding hydrogens is 560 g/mol. The van der Waals surface area contributed by atoms with E-state index in [1.807, 2.05) is 48.5 Å². The van der Waals surface area contributed by atoms with Crippen LogP contribution in [0.5, 0.6) is 11.5 Å². The van der Waals surface area contributed by atoms with Crippen molar-refractivity contribution in [2.24, 2.45) is 23.7 Å². The van der Waals surface area contributed by atoms with Crippen molar-refractivity contribution < 1.29 is 29.0 Å². The molecule has 4 saturated carbocycles. The van der Waals surface area contributed by atoms with Crippen LogP contribution in [0, 0.1) is 23.7 Å². The van der Waals surface area contributed by atoms with Crippen molar-refractivity contribution in [3.05, 3.63) is 66.4 Å². The van der Waals surface area contributed by atoms with Gasteiger partial charge in [-0.2, -0.15) is 5.10 Å². The second kappa shape index (κ2) is 10.7. The summed E-state index contributed by atoms with van der Waals surface area (Å²) >= 11 is 0. The van der Waals surface area contributed by atoms with Crippen LogP contribution in [0.2, 0.25) is 0 Å². The summed E-state index contributed by atoms with van der Waals surface area (Å²) in [4.78, 5) is 38.0. The Kier molecular flexibility index (Phi) is 6.79. The molecule has 4 fully saturated rings. The van der Waals surface area contributed by atoms with E-state index in [1.54, 1.807) is 31.0 Å². The number of anilines is 1. The van der Waals surface area contributed by atoms with E-state index in [1.165, 1.54) is 0 Å². The van der Waals surface area contributed by atoms with Crippen molar-refractivity contribution in [2.45, 2.75) is 37.6 Å². The van der Waals surface area contributed by atoms with Gasteiger partial charge in [0.1, 0.15) is 11.5 Å². The fourth-order valence-corrected chi connectivity index (χ4v) is 8.56. The van der Waals surface area contributed by atoms with Crippen molar-refractivity contribution in [3.63, 3.8) is 0 Å². The summed E-state index contributed by atoms with van der Waals surface area (Å²) in [6, 6.07) is 18.4. The van der Waals surface area contributed by atoms with E-state index in [0.717, 1.165) is 30.0 Å². The molecule has 8 rings (SSSR count). The summed E-state index contributed by atoms with van der Waals surface area (Å²) in [6.07, 6.45) is 4.92. The van der Waals surface area contributed by atoms with E-state index in [0.29, 0.717) is 65.2 Å². The molecule has 4 aliphatic rings. The minimum absolute atomic E-state index is 0.0786. The number of carbonyl (C=O) groups excluding carboxylic acids is 2. The van der Waals surface area contributed by atoms with Crippen LogP contribution in [0.3, 0.4) is 0 Å². The second-order valence-corrected chi connectivity index (χ2v) is 12.3. The average Bonchev–Trinajstić information content (AvgIpc) is 3.45. The van der Waals surface area contributed by atoms with Crippen LogP contribution in [0.1, 0.15) is 42.6 Å². The van der Waals surface area contributed by atoms with Gasteiger partial charge in [-0.15, -0.1) is 0 Å². The largest absolute Gasteiger partial charge is 0.496 e. The number of hydrogen-bond donors (Lipinski definition) is 3. The van der Waals surface area contributed by atoms with Gasteiger partial charge < -0.3 is 25.2 Å². The molecular formula is C34H34N4O6. The number of nitrogens with one attached hydrogen (secondary N) is 2. The number of carboxylic acids is 1. The molecule has 3 unspecified atom stereocenters. The first-order chi connectivity index (χ1) is 21.4. The molecule has 4 bridgehead atoms. The lowest BCUT2D eigenvalue weighted by Crippen LogP contribution is -2.67. The van der Waals surface area contributed by atoms with Crippen molar-refractivity contribution >= 4 is 34.7 Å². The maximum Gasteiger partial charge on any atom is 0.309 e. The summed E-state index contributed by atoms with van der Waals surface area (Å²) in [6.45, 7) is 0. The first-order valence-corrected chi connectivity index (χ1v) is 14.9. The zero-order valence-electron chi connectivity index (χ0n) is 24.6. The van der Waals surface area contributed by atoms with Gasteiger partial charge in [-0.25, -0.2) is 4.68 Å². The van der Waals surface area contributed by atoms with Gasteiger partial charge in [0.05, 0.1) is 42.6 Å². The van der Waals surface area contributed by atoms with E-state index < -0.39 is 23.3 Å². The molecule has 0 radical (unpaired) electrons. The first-order valence-electron chi connectivity index (χ1n) is 14.9. The van der Waals surface area contributed by atoms with Crippen LogP contribution in [0.25, 0.3) is 27.7 Å². The molecule has 4 aliphatic carbocycles. The van der Waals surface area contributed by atoms with E-state index in [9.17, 15) is 19.5 Å². The van der Waals surface area contributed by atoms with Crippen LogP contribution in [-0.2, 0) is 9.59 Å². The van der Waals surface area contributed by atoms with Crippen LogP contribution in [0.4, 0.5) is 5.69 Å². The van der Waals surface area contributed by atoms with Gasteiger partial charge >= 0.3 is 5.97 Å². The van der Waals surface area contributed by atoms with Crippen LogP contribution < -0.4 is 20.1 Å². The van der Waals surface area contributed by atoms with Gasteiger partial charge in [-0.05, 0) is 80.2 Å². The molecule has 3 atom stereocenters. The Balaban J connectivity index is 1.38. The number of aliphatic carboxylic acids is 1. The van der Waals surface area contributed by atoms with Gasteiger partial charge in [-0.3, -0.25) is 14.4 Å². The Morgan fingerprint density at radius 2 is 1.64 bits per heavy atom. The maximum absolute atomic E-state index is 14.1. The molecule has 1 aromatic heterocycles. The third-order valence-electron chi connectivity index (χ3n) is 9.91. The van der Waals surface area contributed by atoms with Crippen LogP contribution in [0.15, 0.2) is 60.7 Å². The number of carboxylic acid groups (broad SMARTS) is 1. The highest BCUT2D eigenvalue weighted by Gasteiger charge is 2.60. The molecule has 44 heavy (non-hydrogen) atoms. The number of carbonyl (C=O) groups is 3. The Labute approximate surface area is 254 Å². The van der Waals surface area contributed by atoms with Crippen LogP contribution >= 0.6 is 0 Å². The summed E-state index contributed by atoms with van der Waals surface area (Å²) in [5.74, 6) is 0.149. The van der Waals surface area contributed by atoms with E-state index in [4.69, 9.17) is 14.6 Å². The highest BCUT2D eigenvalue weighted by molar-refractivity contribution is 6.02. The maximum atomic E-state index is 14.1. The minimum Gasteiger partial charge on any atom is -0.496 e. The standard InChI is InChI=1S/C34H34N4O6/c1-43-28-8-5-9-29(44-2)30(28)27-15-25(37-38(27)26-11-10-24(35-18-39)22-6-3-4-7-23(22)26)32(40)36-34-16-19-12-20(17-34)14-21(13-19)31(34)33(41)42/h3-11,15,18-21,31H,12-14,16-17H2,1-2H3,(H,35,39)(H,36,40)(H,41,42). The monoisotopic (exact) mass is 594 g/mol. The zero-order valence-corrected chi connectivity index (χ0v) is 24.6. The molecule has 10 heteroatoms. The van der Waals surface area contributed by atoms with Crippen molar-refractivity contribution in [1.29, 1.82) is 0 Å². The number of rotatable bonds is 9. The average molecular weight is 595 g/mol. The number of benzene rings is 3. The molecule has 0 aliphatic heterocycles. The molecule has 3 N–H and O–H groups in total. The van der Waals surface area contributed by atoms with Crippen molar-refractivity contribution in [1.82, 2.24) is 15.1 Å². The van der Waals surface area contributed by atoms with Crippen molar-refractivity contribution in [3.8, 4) is 28.4 Å². The summed E-state index contributed by atoms with van der Waals surface area (Å²) in [5.41, 5.74) is 1.86. The smallest absolute Gasteiger partial charge is 0.309 e. The van der Waals surface area contributed by atoms with Gasteiger partial charge in [0.25, 0.3) is 5.91 Å². The van der Waals surface area contributed by atoms with Gasteiger partial charge in [-0.1, -0.05) is 30.3 Å². The van der Waals surface area contributed by atoms with Gasteiger partial charge in [0, 0.05) is 16.5 Å². The minimum atomic E-state index is -0.838. The number of hydrogen-bond acceptors (Lipinski definition) is 6. The number of fused-ring (bicyclic) bond motifs is 1. The third-order valence-corrected chi connectivity index (χ3v) is 9.91. The SMILES string of the molecule is COc1cccc(OC)c1-c1cc(C(=O)NC23CC4CC(CC(C4)C2C(=O)O)C3)nn1-c1ccc(NC=O)c2ccccc12. The van der Waals surface area contributed by atoms with Gasteiger partial charge in [0.2, 0.25) is 6.41 Å². The molecule has 2 amide bonds. The van der Waals surface area contributed by atoms with E-state index in [2.05, 4.69) is 10.6 Å².